The topological polar surface area (TPSA) is 111 Å². The van der Waals surface area contributed by atoms with Crippen LogP contribution in [0.25, 0.3) is 0 Å². The van der Waals surface area contributed by atoms with Crippen molar-refractivity contribution in [3.05, 3.63) is 122 Å². The number of carbonyl (C=O) groups excluding carboxylic acids is 2. The van der Waals surface area contributed by atoms with Gasteiger partial charge in [-0.25, -0.2) is 0 Å². The van der Waals surface area contributed by atoms with Crippen LogP contribution in [0.4, 0.5) is 0 Å². The van der Waals surface area contributed by atoms with Crippen molar-refractivity contribution in [2.75, 3.05) is 47.5 Å². The molecule has 0 rings (SSSR count). The van der Waals surface area contributed by atoms with Crippen LogP contribution in [0.15, 0.2) is 122 Å². The molecule has 9 nitrogen and oxygen atoms in total. The molecule has 2 unspecified atom stereocenters. The van der Waals surface area contributed by atoms with E-state index >= 15 is 0 Å². The first-order valence-electron chi connectivity index (χ1n) is 27.2. The number of phosphoric acid groups is 1. The molecule has 0 amide bonds. The number of esters is 2. The largest absolute Gasteiger partial charge is 0.756 e. The molecule has 0 radical (unpaired) electrons. The molecule has 0 spiro atoms. The molecule has 0 bridgehead atoms. The highest BCUT2D eigenvalue weighted by atomic mass is 31.2. The van der Waals surface area contributed by atoms with Gasteiger partial charge in [0.25, 0.3) is 7.82 Å². The summed E-state index contributed by atoms with van der Waals surface area (Å²) in [5.74, 6) is -0.869. The minimum Gasteiger partial charge on any atom is -0.756 e. The number of rotatable bonds is 48. The summed E-state index contributed by atoms with van der Waals surface area (Å²) in [6, 6.07) is 0. The number of nitrogens with zero attached hydrogens (tertiary/aromatic N) is 1. The van der Waals surface area contributed by atoms with Gasteiger partial charge in [-0.05, 0) is 103 Å². The smallest absolute Gasteiger partial charge is 0.306 e. The average molecular weight is 994 g/mol. The summed E-state index contributed by atoms with van der Waals surface area (Å²) in [5.41, 5.74) is 0. The summed E-state index contributed by atoms with van der Waals surface area (Å²) in [5, 5.41) is 0. The number of allylic oxidation sites excluding steroid dienone is 20. The van der Waals surface area contributed by atoms with Crippen LogP contribution in [0, 0.1) is 0 Å². The van der Waals surface area contributed by atoms with Gasteiger partial charge >= 0.3 is 11.9 Å². The van der Waals surface area contributed by atoms with Crippen molar-refractivity contribution < 1.29 is 42.1 Å². The van der Waals surface area contributed by atoms with E-state index in [1.54, 1.807) is 0 Å². The summed E-state index contributed by atoms with van der Waals surface area (Å²) in [6.07, 6.45) is 70.8. The summed E-state index contributed by atoms with van der Waals surface area (Å²) in [4.78, 5) is 37.8. The number of unbranched alkanes of at least 4 members (excludes halogenated alkanes) is 14. The second-order valence-electron chi connectivity index (χ2n) is 18.8. The number of hydrogen-bond acceptors (Lipinski definition) is 8. The molecule has 0 aliphatic carbocycles. The minimum absolute atomic E-state index is 0.0423. The summed E-state index contributed by atoms with van der Waals surface area (Å²) >= 11 is 0. The van der Waals surface area contributed by atoms with Crippen LogP contribution in [0.5, 0.6) is 0 Å². The summed E-state index contributed by atoms with van der Waals surface area (Å²) in [6.45, 7) is 3.96. The van der Waals surface area contributed by atoms with E-state index in [1.807, 2.05) is 21.1 Å². The van der Waals surface area contributed by atoms with E-state index in [1.165, 1.54) is 25.7 Å². The van der Waals surface area contributed by atoms with Crippen molar-refractivity contribution in [1.82, 2.24) is 0 Å². The van der Waals surface area contributed by atoms with E-state index in [-0.39, 0.29) is 26.1 Å². The molecule has 0 fully saturated rings. The summed E-state index contributed by atoms with van der Waals surface area (Å²) in [7, 11) is 1.13. The lowest BCUT2D eigenvalue weighted by molar-refractivity contribution is -0.870. The van der Waals surface area contributed by atoms with Gasteiger partial charge in [0, 0.05) is 12.8 Å². The monoisotopic (exact) mass is 994 g/mol. The molecule has 10 heteroatoms. The lowest BCUT2D eigenvalue weighted by Gasteiger charge is -2.28. The zero-order valence-electron chi connectivity index (χ0n) is 44.9. The first-order chi connectivity index (χ1) is 34.0. The van der Waals surface area contributed by atoms with Crippen LogP contribution in [0.1, 0.15) is 194 Å². The van der Waals surface area contributed by atoms with E-state index < -0.39 is 32.5 Å². The molecule has 0 aliphatic heterocycles. The second-order valence-corrected chi connectivity index (χ2v) is 20.2. The number of hydrogen-bond donors (Lipinski definition) is 0. The first kappa shape index (κ1) is 66.4. The van der Waals surface area contributed by atoms with Crippen LogP contribution in [0.2, 0.25) is 0 Å². The maximum Gasteiger partial charge on any atom is 0.306 e. The number of carbonyl (C=O) groups is 2. The highest BCUT2D eigenvalue weighted by Gasteiger charge is 2.21. The van der Waals surface area contributed by atoms with Crippen LogP contribution in [-0.4, -0.2) is 70.0 Å². The Hall–Kier alpha value is -3.59. The van der Waals surface area contributed by atoms with Crippen molar-refractivity contribution in [2.24, 2.45) is 0 Å². The third-order valence-corrected chi connectivity index (χ3v) is 11.9. The SMILES string of the molecule is CC/C=C\C/C=C\C/C=C\C/C=C\C/C=C\C/C=C\CCCCCCCCCCC(=O)OC(COC(=O)CCCCCCCC/C=C\C/C=C\C/C=C\C/C=C\CC)COP(=O)([O-])OCC[N+](C)(C)C. The molecule has 0 aromatic rings. The number of phosphoric ester groups is 1. The van der Waals surface area contributed by atoms with E-state index in [2.05, 4.69) is 135 Å². The van der Waals surface area contributed by atoms with Crippen molar-refractivity contribution in [2.45, 2.75) is 200 Å². The van der Waals surface area contributed by atoms with Gasteiger partial charge in [-0.15, -0.1) is 0 Å². The predicted octanol–water partition coefficient (Wildman–Crippen LogP) is 16.2. The van der Waals surface area contributed by atoms with Crippen LogP contribution in [0.3, 0.4) is 0 Å². The van der Waals surface area contributed by atoms with E-state index in [0.717, 1.165) is 128 Å². The highest BCUT2D eigenvalue weighted by Crippen LogP contribution is 2.38. The maximum atomic E-state index is 12.8. The van der Waals surface area contributed by atoms with Gasteiger partial charge < -0.3 is 27.9 Å². The van der Waals surface area contributed by atoms with Gasteiger partial charge in [0.2, 0.25) is 0 Å². The van der Waals surface area contributed by atoms with Gasteiger partial charge in [0.05, 0.1) is 27.7 Å². The third kappa shape index (κ3) is 53.8. The average Bonchev–Trinajstić information content (AvgIpc) is 3.32. The predicted molar refractivity (Wildman–Crippen MR) is 295 cm³/mol. The molecule has 0 saturated carbocycles. The van der Waals surface area contributed by atoms with E-state index in [4.69, 9.17) is 18.5 Å². The van der Waals surface area contributed by atoms with Crippen molar-refractivity contribution in [3.8, 4) is 0 Å². The second kappa shape index (κ2) is 50.4. The zero-order valence-corrected chi connectivity index (χ0v) is 45.8. The van der Waals surface area contributed by atoms with Crippen molar-refractivity contribution >= 4 is 19.8 Å². The Morgan fingerprint density at radius 1 is 0.443 bits per heavy atom. The first-order valence-corrected chi connectivity index (χ1v) is 28.7. The van der Waals surface area contributed by atoms with Crippen molar-refractivity contribution in [1.29, 1.82) is 0 Å². The Labute approximate surface area is 428 Å². The minimum atomic E-state index is -4.65. The lowest BCUT2D eigenvalue weighted by Crippen LogP contribution is -2.37. The third-order valence-electron chi connectivity index (χ3n) is 11.0. The fourth-order valence-electron chi connectivity index (χ4n) is 6.83. The maximum absolute atomic E-state index is 12.8. The Morgan fingerprint density at radius 2 is 0.771 bits per heavy atom. The number of likely N-dealkylation sites (N-methyl/N-ethyl adjacent to an activating group) is 1. The van der Waals surface area contributed by atoms with E-state index in [0.29, 0.717) is 23.9 Å². The van der Waals surface area contributed by atoms with Crippen LogP contribution >= 0.6 is 7.82 Å². The number of ether oxygens (including phenoxy) is 2. The molecule has 0 N–H and O–H groups in total. The number of quaternary nitrogens is 1. The Bertz CT molecular complexity index is 1590. The molecule has 398 valence electrons. The van der Waals surface area contributed by atoms with Crippen LogP contribution in [-0.2, 0) is 32.7 Å². The van der Waals surface area contributed by atoms with Gasteiger partial charge in [-0.2, -0.15) is 0 Å². The van der Waals surface area contributed by atoms with Gasteiger partial charge in [0.15, 0.2) is 6.10 Å². The summed E-state index contributed by atoms with van der Waals surface area (Å²) < 4.78 is 34.1. The quantitative estimate of drug-likeness (QED) is 0.0195. The normalized spacial score (nSPS) is 14.3. The van der Waals surface area contributed by atoms with Gasteiger partial charge in [-0.1, -0.05) is 200 Å². The standard InChI is InChI=1S/C60H100NO8P/c1-6-8-10-12-14-16-18-20-22-24-26-27-28-29-30-31-32-33-35-37-39-41-43-45-47-49-51-53-60(63)69-58(57-68-70(64,65)67-55-54-61(3,4)5)56-66-59(62)52-50-48-46-44-42-40-38-36-34-25-23-21-19-17-15-13-11-9-7-2/h8-11,14-17,20-23,26-27,29-30,32-34,36,58H,6-7,12-13,18-19,24-25,28,31,35,37-57H2,1-5H3/b10-8-,11-9-,16-14-,17-15-,22-20-,23-21-,27-26-,30-29-,33-32-,36-34-. The molecule has 0 aromatic carbocycles. The van der Waals surface area contributed by atoms with Gasteiger partial charge in [-0.3, -0.25) is 14.2 Å². The molecular formula is C60H100NO8P. The molecule has 0 aliphatic rings. The molecule has 0 heterocycles. The highest BCUT2D eigenvalue weighted by molar-refractivity contribution is 7.45. The fraction of sp³-hybridized carbons (Fsp3) is 0.633. The van der Waals surface area contributed by atoms with E-state index in [9.17, 15) is 19.0 Å². The molecule has 70 heavy (non-hydrogen) atoms. The molecule has 0 saturated heterocycles. The lowest BCUT2D eigenvalue weighted by atomic mass is 10.1. The van der Waals surface area contributed by atoms with Gasteiger partial charge in [0.1, 0.15) is 19.8 Å². The Morgan fingerprint density at radius 3 is 1.14 bits per heavy atom. The molecule has 2 atom stereocenters. The zero-order chi connectivity index (χ0) is 51.3. The fourth-order valence-corrected chi connectivity index (χ4v) is 7.55. The Balaban J connectivity index is 4.28. The van der Waals surface area contributed by atoms with Crippen LogP contribution < -0.4 is 4.89 Å². The Kier molecular flexibility index (Phi) is 47.8. The van der Waals surface area contributed by atoms with Crippen molar-refractivity contribution in [3.63, 3.8) is 0 Å². The molecule has 0 aromatic heterocycles. The molecular weight excluding hydrogens is 894 g/mol.